The summed E-state index contributed by atoms with van der Waals surface area (Å²) in [6.07, 6.45) is -3.21. The van der Waals surface area contributed by atoms with Crippen molar-refractivity contribution in [3.8, 4) is 0 Å². The summed E-state index contributed by atoms with van der Waals surface area (Å²) >= 11 is 0. The number of rotatable bonds is 10. The van der Waals surface area contributed by atoms with Crippen molar-refractivity contribution in [2.24, 2.45) is 0 Å². The Morgan fingerprint density at radius 3 is 2.20 bits per heavy atom. The van der Waals surface area contributed by atoms with Crippen molar-refractivity contribution in [3.63, 3.8) is 0 Å². The molecule has 0 radical (unpaired) electrons. The number of benzene rings is 1. The molecule has 0 fully saturated rings. The highest BCUT2D eigenvalue weighted by Crippen LogP contribution is 2.28. The monoisotopic (exact) mass is 350 g/mol. The number of aliphatic hydroxyl groups excluding tert-OH is 6. The third kappa shape index (κ3) is 5.26. The summed E-state index contributed by atoms with van der Waals surface area (Å²) < 4.78 is 0. The van der Waals surface area contributed by atoms with E-state index in [-0.39, 0.29) is 6.42 Å². The van der Waals surface area contributed by atoms with Crippen LogP contribution in [0.4, 0.5) is 0 Å². The van der Waals surface area contributed by atoms with Crippen molar-refractivity contribution in [1.82, 2.24) is 0 Å². The molecule has 0 heterocycles. The maximum absolute atomic E-state index is 10.5. The van der Waals surface area contributed by atoms with Crippen molar-refractivity contribution in [3.05, 3.63) is 66.5 Å². The van der Waals surface area contributed by atoms with Crippen LogP contribution in [-0.2, 0) is 6.42 Å². The van der Waals surface area contributed by atoms with Crippen molar-refractivity contribution >= 4 is 5.57 Å². The molecular formula is C19H26O6. The fraction of sp³-hybridized carbons (Fsp3) is 0.368. The Hall–Kier alpha value is -1.96. The van der Waals surface area contributed by atoms with Crippen LogP contribution in [0.5, 0.6) is 0 Å². The fourth-order valence-electron chi connectivity index (χ4n) is 2.51. The second-order valence-corrected chi connectivity index (χ2v) is 5.68. The van der Waals surface area contributed by atoms with Crippen LogP contribution in [0.15, 0.2) is 55.3 Å². The fourth-order valence-corrected chi connectivity index (χ4v) is 2.51. The third-order valence-corrected chi connectivity index (χ3v) is 3.90. The van der Waals surface area contributed by atoms with E-state index in [9.17, 15) is 25.5 Å². The molecule has 6 N–H and O–H groups in total. The van der Waals surface area contributed by atoms with Crippen LogP contribution in [-0.4, -0.2) is 61.7 Å². The maximum atomic E-state index is 10.5. The van der Waals surface area contributed by atoms with Gasteiger partial charge < -0.3 is 30.6 Å². The molecule has 0 unspecified atom stereocenters. The molecule has 0 bridgehead atoms. The standard InChI is InChI=1S/C19H26O6/c1-3-7-12-9-5-6-10-13(12)14(8-4-2)16(22)18(24)19(25)17(23)15(21)11-20/h3-6,9-10,15,17-25H,1-2,7-8,11H2/t15-,17-,18+,19+/m1/s1. The smallest absolute Gasteiger partial charge is 0.139 e. The lowest BCUT2D eigenvalue weighted by molar-refractivity contribution is -0.112. The van der Waals surface area contributed by atoms with Gasteiger partial charge in [0.05, 0.1) is 6.61 Å². The van der Waals surface area contributed by atoms with E-state index in [2.05, 4.69) is 13.2 Å². The van der Waals surface area contributed by atoms with Gasteiger partial charge in [-0.25, -0.2) is 0 Å². The zero-order chi connectivity index (χ0) is 19.0. The first-order valence-electron chi connectivity index (χ1n) is 7.94. The lowest BCUT2D eigenvalue weighted by Gasteiger charge is -2.26. The highest BCUT2D eigenvalue weighted by atomic mass is 16.4. The van der Waals surface area contributed by atoms with Gasteiger partial charge in [-0.2, -0.15) is 0 Å². The first-order chi connectivity index (χ1) is 11.9. The highest BCUT2D eigenvalue weighted by Gasteiger charge is 2.33. The number of aliphatic hydroxyl groups is 6. The van der Waals surface area contributed by atoms with Crippen molar-refractivity contribution in [2.75, 3.05) is 6.61 Å². The van der Waals surface area contributed by atoms with Crippen LogP contribution in [0, 0.1) is 0 Å². The molecule has 0 amide bonds. The second-order valence-electron chi connectivity index (χ2n) is 5.68. The van der Waals surface area contributed by atoms with Crippen LogP contribution in [0.25, 0.3) is 5.57 Å². The molecule has 0 saturated heterocycles. The van der Waals surface area contributed by atoms with Gasteiger partial charge >= 0.3 is 0 Å². The Kier molecular flexibility index (Phi) is 8.54. The SMILES string of the molecule is C=CCC(=C(O)[C@H](O)[C@@H](O)[C@H](O)[C@H](O)CO)c1ccccc1CC=C. The summed E-state index contributed by atoms with van der Waals surface area (Å²) in [5, 5.41) is 58.7. The summed E-state index contributed by atoms with van der Waals surface area (Å²) in [7, 11) is 0. The Morgan fingerprint density at radius 1 is 1.00 bits per heavy atom. The van der Waals surface area contributed by atoms with E-state index in [0.717, 1.165) is 5.56 Å². The molecule has 0 spiro atoms. The summed E-state index contributed by atoms with van der Waals surface area (Å²) in [6.45, 7) is 6.53. The van der Waals surface area contributed by atoms with Crippen LogP contribution >= 0.6 is 0 Å². The van der Waals surface area contributed by atoms with Crippen LogP contribution in [0.3, 0.4) is 0 Å². The predicted octanol–water partition coefficient (Wildman–Crippen LogP) is 0.696. The Labute approximate surface area is 147 Å². The third-order valence-electron chi connectivity index (χ3n) is 3.90. The summed E-state index contributed by atoms with van der Waals surface area (Å²) in [5.41, 5.74) is 1.85. The quantitative estimate of drug-likeness (QED) is 0.273. The van der Waals surface area contributed by atoms with E-state index >= 15 is 0 Å². The Bertz CT molecular complexity index is 610. The molecule has 0 aliphatic heterocycles. The zero-order valence-electron chi connectivity index (χ0n) is 14.0. The summed E-state index contributed by atoms with van der Waals surface area (Å²) in [6, 6.07) is 7.20. The molecule has 6 heteroatoms. The minimum Gasteiger partial charge on any atom is -0.509 e. The molecule has 1 aromatic carbocycles. The lowest BCUT2D eigenvalue weighted by atomic mass is 9.91. The van der Waals surface area contributed by atoms with Gasteiger partial charge in [0.25, 0.3) is 0 Å². The largest absolute Gasteiger partial charge is 0.509 e. The number of hydrogen-bond acceptors (Lipinski definition) is 6. The average molecular weight is 350 g/mol. The predicted molar refractivity (Wildman–Crippen MR) is 95.8 cm³/mol. The van der Waals surface area contributed by atoms with Gasteiger partial charge in [-0.1, -0.05) is 36.4 Å². The van der Waals surface area contributed by atoms with Crippen molar-refractivity contribution in [1.29, 1.82) is 0 Å². The molecule has 4 atom stereocenters. The van der Waals surface area contributed by atoms with Gasteiger partial charge in [0, 0.05) is 5.57 Å². The molecule has 138 valence electrons. The second kappa shape index (κ2) is 10.1. The Morgan fingerprint density at radius 2 is 1.64 bits per heavy atom. The first-order valence-corrected chi connectivity index (χ1v) is 7.94. The van der Waals surface area contributed by atoms with Crippen LogP contribution in [0.2, 0.25) is 0 Å². The van der Waals surface area contributed by atoms with Gasteiger partial charge in [-0.05, 0) is 24.0 Å². The normalized spacial score (nSPS) is 17.2. The highest BCUT2D eigenvalue weighted by molar-refractivity contribution is 5.71. The lowest BCUT2D eigenvalue weighted by Crippen LogP contribution is -2.46. The van der Waals surface area contributed by atoms with E-state index < -0.39 is 36.8 Å². The van der Waals surface area contributed by atoms with Crippen LogP contribution in [0.1, 0.15) is 17.5 Å². The van der Waals surface area contributed by atoms with E-state index in [4.69, 9.17) is 5.11 Å². The minimum atomic E-state index is -1.88. The molecule has 0 aromatic heterocycles. The molecule has 25 heavy (non-hydrogen) atoms. The maximum Gasteiger partial charge on any atom is 0.139 e. The topological polar surface area (TPSA) is 121 Å². The van der Waals surface area contributed by atoms with Gasteiger partial charge in [-0.15, -0.1) is 13.2 Å². The van der Waals surface area contributed by atoms with E-state index in [1.54, 1.807) is 18.2 Å². The Balaban J connectivity index is 3.30. The van der Waals surface area contributed by atoms with Gasteiger partial charge in [-0.3, -0.25) is 0 Å². The van der Waals surface area contributed by atoms with Gasteiger partial charge in [0.1, 0.15) is 30.2 Å². The van der Waals surface area contributed by atoms with Crippen molar-refractivity contribution in [2.45, 2.75) is 37.3 Å². The van der Waals surface area contributed by atoms with Crippen LogP contribution < -0.4 is 0 Å². The number of allylic oxidation sites excluding steroid dienone is 3. The summed E-state index contributed by atoms with van der Waals surface area (Å²) in [5.74, 6) is -0.534. The average Bonchev–Trinajstić information content (AvgIpc) is 2.64. The molecule has 1 rings (SSSR count). The van der Waals surface area contributed by atoms with Gasteiger partial charge in [0.15, 0.2) is 0 Å². The van der Waals surface area contributed by atoms with E-state index in [1.165, 1.54) is 6.08 Å². The molecule has 1 aromatic rings. The number of hydrogen-bond donors (Lipinski definition) is 6. The van der Waals surface area contributed by atoms with Crippen molar-refractivity contribution < 1.29 is 30.6 Å². The van der Waals surface area contributed by atoms with E-state index in [0.29, 0.717) is 17.6 Å². The molecule has 0 aliphatic carbocycles. The molecular weight excluding hydrogens is 324 g/mol. The minimum absolute atomic E-state index is 0.211. The first kappa shape index (κ1) is 21.1. The zero-order valence-corrected chi connectivity index (χ0v) is 14.0. The summed E-state index contributed by atoms with van der Waals surface area (Å²) in [4.78, 5) is 0. The van der Waals surface area contributed by atoms with E-state index in [1.807, 2.05) is 12.1 Å². The molecule has 0 saturated carbocycles. The molecule has 0 aliphatic rings. The van der Waals surface area contributed by atoms with Gasteiger partial charge in [0.2, 0.25) is 0 Å². The molecule has 6 nitrogen and oxygen atoms in total.